The van der Waals surface area contributed by atoms with Crippen LogP contribution in [0.4, 0.5) is 0 Å². The van der Waals surface area contributed by atoms with Crippen LogP contribution in [0, 0.1) is 0 Å². The van der Waals surface area contributed by atoms with Gasteiger partial charge in [-0.1, -0.05) is 18.2 Å². The van der Waals surface area contributed by atoms with Crippen molar-refractivity contribution in [2.45, 2.75) is 13.3 Å². The monoisotopic (exact) mass is 250 g/mol. The molecule has 5 nitrogen and oxygen atoms in total. The average Bonchev–Trinajstić information content (AvgIpc) is 2.39. The number of hydrogen-bond acceptors (Lipinski definition) is 3. The van der Waals surface area contributed by atoms with Crippen LogP contribution in [0.2, 0.25) is 0 Å². The summed E-state index contributed by atoms with van der Waals surface area (Å²) in [4.78, 5) is 22.5. The van der Waals surface area contributed by atoms with E-state index in [9.17, 15) is 9.59 Å². The summed E-state index contributed by atoms with van der Waals surface area (Å²) in [6.07, 6.45) is 0.620. The van der Waals surface area contributed by atoms with Crippen LogP contribution in [0.25, 0.3) is 0 Å². The van der Waals surface area contributed by atoms with Crippen LogP contribution in [0.1, 0.15) is 12.5 Å². The minimum Gasteiger partial charge on any atom is -0.496 e. The molecule has 0 heterocycles. The lowest BCUT2D eigenvalue weighted by molar-refractivity contribution is -0.139. The fourth-order valence-corrected chi connectivity index (χ4v) is 1.54. The summed E-state index contributed by atoms with van der Waals surface area (Å²) in [5, 5.41) is 5.00. The van der Waals surface area contributed by atoms with Crippen LogP contribution in [-0.4, -0.2) is 32.0 Å². The molecule has 1 rings (SSSR count). The molecule has 0 fully saturated rings. The van der Waals surface area contributed by atoms with Gasteiger partial charge in [0.25, 0.3) is 0 Å². The number of likely N-dealkylation sites (N-methyl/N-ethyl adjacent to an activating group) is 1. The van der Waals surface area contributed by atoms with Gasteiger partial charge in [0.15, 0.2) is 0 Å². The molecule has 0 spiro atoms. The number of benzene rings is 1. The molecule has 0 unspecified atom stereocenters. The number of amides is 2. The van der Waals surface area contributed by atoms with Gasteiger partial charge in [-0.3, -0.25) is 9.59 Å². The number of methoxy groups -OCH3 is 1. The first-order valence-corrected chi connectivity index (χ1v) is 5.87. The van der Waals surface area contributed by atoms with Gasteiger partial charge in [-0.25, -0.2) is 0 Å². The minimum absolute atomic E-state index is 0.399. The Labute approximate surface area is 107 Å². The highest BCUT2D eigenvalue weighted by Gasteiger charge is 2.11. The molecule has 0 aliphatic carbocycles. The molecule has 18 heavy (non-hydrogen) atoms. The van der Waals surface area contributed by atoms with Gasteiger partial charge in [0.1, 0.15) is 5.75 Å². The predicted molar refractivity (Wildman–Crippen MR) is 68.4 cm³/mol. The fourth-order valence-electron chi connectivity index (χ4n) is 1.54. The van der Waals surface area contributed by atoms with E-state index >= 15 is 0 Å². The predicted octanol–water partition coefficient (Wildman–Crippen LogP) is 0.490. The van der Waals surface area contributed by atoms with Gasteiger partial charge in [-0.05, 0) is 25.0 Å². The quantitative estimate of drug-likeness (QED) is 0.747. The van der Waals surface area contributed by atoms with Gasteiger partial charge in [0.2, 0.25) is 0 Å². The summed E-state index contributed by atoms with van der Waals surface area (Å²) in [6, 6.07) is 7.58. The third kappa shape index (κ3) is 4.08. The summed E-state index contributed by atoms with van der Waals surface area (Å²) >= 11 is 0. The lowest BCUT2D eigenvalue weighted by Crippen LogP contribution is -2.40. The number of rotatable bonds is 5. The zero-order chi connectivity index (χ0) is 13.4. The van der Waals surface area contributed by atoms with E-state index in [0.29, 0.717) is 19.5 Å². The second-order valence-corrected chi connectivity index (χ2v) is 3.68. The first-order chi connectivity index (χ1) is 8.69. The van der Waals surface area contributed by atoms with Gasteiger partial charge >= 0.3 is 11.8 Å². The number of carbonyl (C=O) groups excluding carboxylic acids is 2. The molecule has 0 aliphatic heterocycles. The SMILES string of the molecule is CCNC(=O)C(=O)NCCc1ccccc1OC. The third-order valence-electron chi connectivity index (χ3n) is 2.42. The molecule has 0 radical (unpaired) electrons. The van der Waals surface area contributed by atoms with E-state index in [-0.39, 0.29) is 0 Å². The first kappa shape index (κ1) is 14.0. The number of para-hydroxylation sites is 1. The van der Waals surface area contributed by atoms with Crippen LogP contribution >= 0.6 is 0 Å². The number of carbonyl (C=O) groups is 2. The summed E-state index contributed by atoms with van der Waals surface area (Å²) in [5.41, 5.74) is 0.996. The summed E-state index contributed by atoms with van der Waals surface area (Å²) in [7, 11) is 1.60. The van der Waals surface area contributed by atoms with E-state index in [1.807, 2.05) is 24.3 Å². The molecular formula is C13H18N2O3. The molecule has 98 valence electrons. The fraction of sp³-hybridized carbons (Fsp3) is 0.385. The molecule has 0 atom stereocenters. The average molecular weight is 250 g/mol. The Morgan fingerprint density at radius 3 is 2.50 bits per heavy atom. The molecule has 2 N–H and O–H groups in total. The second-order valence-electron chi connectivity index (χ2n) is 3.68. The van der Waals surface area contributed by atoms with Gasteiger partial charge in [-0.15, -0.1) is 0 Å². The van der Waals surface area contributed by atoms with E-state index in [1.165, 1.54) is 0 Å². The standard InChI is InChI=1S/C13H18N2O3/c1-3-14-12(16)13(17)15-9-8-10-6-4-5-7-11(10)18-2/h4-7H,3,8-9H2,1-2H3,(H,14,16)(H,15,17). The Morgan fingerprint density at radius 2 is 1.83 bits per heavy atom. The number of nitrogens with one attached hydrogen (secondary N) is 2. The lowest BCUT2D eigenvalue weighted by Gasteiger charge is -2.08. The normalized spacial score (nSPS) is 9.67. The van der Waals surface area contributed by atoms with Crippen molar-refractivity contribution in [2.24, 2.45) is 0 Å². The molecule has 0 aromatic heterocycles. The van der Waals surface area contributed by atoms with Gasteiger partial charge in [0.05, 0.1) is 7.11 Å². The van der Waals surface area contributed by atoms with E-state index in [1.54, 1.807) is 14.0 Å². The summed E-state index contributed by atoms with van der Waals surface area (Å²) in [6.45, 7) is 2.61. The Hall–Kier alpha value is -2.04. The maximum Gasteiger partial charge on any atom is 0.309 e. The van der Waals surface area contributed by atoms with Crippen LogP contribution < -0.4 is 15.4 Å². The topological polar surface area (TPSA) is 67.4 Å². The smallest absolute Gasteiger partial charge is 0.309 e. The van der Waals surface area contributed by atoms with Crippen LogP contribution in [0.15, 0.2) is 24.3 Å². The van der Waals surface area contributed by atoms with Crippen molar-refractivity contribution in [3.8, 4) is 5.75 Å². The zero-order valence-electron chi connectivity index (χ0n) is 10.7. The van der Waals surface area contributed by atoms with E-state index in [0.717, 1.165) is 11.3 Å². The molecule has 2 amide bonds. The van der Waals surface area contributed by atoms with Crippen molar-refractivity contribution < 1.29 is 14.3 Å². The summed E-state index contributed by atoms with van der Waals surface area (Å²) < 4.78 is 5.20. The zero-order valence-corrected chi connectivity index (χ0v) is 10.7. The van der Waals surface area contributed by atoms with Crippen LogP contribution in [0.3, 0.4) is 0 Å². The molecule has 1 aromatic carbocycles. The van der Waals surface area contributed by atoms with Crippen molar-refractivity contribution in [2.75, 3.05) is 20.2 Å². The van der Waals surface area contributed by atoms with Gasteiger partial charge in [0, 0.05) is 13.1 Å². The van der Waals surface area contributed by atoms with Crippen LogP contribution in [-0.2, 0) is 16.0 Å². The highest BCUT2D eigenvalue weighted by Crippen LogP contribution is 2.17. The minimum atomic E-state index is -0.605. The van der Waals surface area contributed by atoms with E-state index in [2.05, 4.69) is 10.6 Å². The number of hydrogen-bond donors (Lipinski definition) is 2. The van der Waals surface area contributed by atoms with Crippen LogP contribution in [0.5, 0.6) is 5.75 Å². The maximum absolute atomic E-state index is 11.3. The Bertz CT molecular complexity index is 418. The van der Waals surface area contributed by atoms with Crippen molar-refractivity contribution in [3.05, 3.63) is 29.8 Å². The molecular weight excluding hydrogens is 232 g/mol. The summed E-state index contributed by atoms with van der Waals surface area (Å²) in [5.74, 6) is -0.422. The molecule has 5 heteroatoms. The largest absolute Gasteiger partial charge is 0.496 e. The van der Waals surface area contributed by atoms with Crippen molar-refractivity contribution >= 4 is 11.8 Å². The Balaban J connectivity index is 2.42. The van der Waals surface area contributed by atoms with E-state index < -0.39 is 11.8 Å². The number of ether oxygens (including phenoxy) is 1. The van der Waals surface area contributed by atoms with Gasteiger partial charge < -0.3 is 15.4 Å². The Kier molecular flexibility index (Phi) is 5.70. The van der Waals surface area contributed by atoms with Gasteiger partial charge in [-0.2, -0.15) is 0 Å². The third-order valence-corrected chi connectivity index (χ3v) is 2.42. The second kappa shape index (κ2) is 7.32. The highest BCUT2D eigenvalue weighted by molar-refractivity contribution is 6.35. The molecule has 0 aliphatic rings. The maximum atomic E-state index is 11.3. The molecule has 0 saturated heterocycles. The van der Waals surface area contributed by atoms with E-state index in [4.69, 9.17) is 4.74 Å². The van der Waals surface area contributed by atoms with Crippen molar-refractivity contribution in [1.29, 1.82) is 0 Å². The molecule has 1 aromatic rings. The lowest BCUT2D eigenvalue weighted by atomic mass is 10.1. The Morgan fingerprint density at radius 1 is 1.17 bits per heavy atom. The van der Waals surface area contributed by atoms with Crippen molar-refractivity contribution in [3.63, 3.8) is 0 Å². The highest BCUT2D eigenvalue weighted by atomic mass is 16.5. The van der Waals surface area contributed by atoms with Crippen molar-refractivity contribution in [1.82, 2.24) is 10.6 Å². The first-order valence-electron chi connectivity index (χ1n) is 5.87. The molecule has 0 saturated carbocycles. The molecule has 0 bridgehead atoms.